The minimum atomic E-state index is -0.604. The fraction of sp³-hybridized carbons (Fsp3) is 0.111. The lowest BCUT2D eigenvalue weighted by molar-refractivity contribution is 0.169. The molecule has 0 aliphatic carbocycles. The largest absolute Gasteiger partial charge is 0.452 e. The number of methoxy groups -OCH3 is 1. The van der Waals surface area contributed by atoms with Crippen molar-refractivity contribution in [1.82, 2.24) is 10.9 Å². The summed E-state index contributed by atoms with van der Waals surface area (Å²) in [5.74, 6) is 0. The molecule has 1 aromatic rings. The number of rotatable bonds is 1. The molecule has 0 aromatic heterocycles. The van der Waals surface area contributed by atoms with E-state index in [1.54, 1.807) is 0 Å². The van der Waals surface area contributed by atoms with Gasteiger partial charge < -0.3 is 10.1 Å². The molecule has 1 aromatic carbocycles. The molecule has 0 atom stereocenters. The van der Waals surface area contributed by atoms with Crippen LogP contribution in [-0.2, 0) is 4.74 Å². The third-order valence-electron chi connectivity index (χ3n) is 1.50. The molecule has 0 fully saturated rings. The molecular formula is C9H11N3O2S. The first-order chi connectivity index (χ1) is 7.22. The van der Waals surface area contributed by atoms with Crippen LogP contribution in [0.5, 0.6) is 0 Å². The van der Waals surface area contributed by atoms with Crippen molar-refractivity contribution in [2.45, 2.75) is 0 Å². The molecular weight excluding hydrogens is 214 g/mol. The van der Waals surface area contributed by atoms with Gasteiger partial charge in [-0.3, -0.25) is 5.43 Å². The maximum absolute atomic E-state index is 10.7. The Balaban J connectivity index is 2.34. The van der Waals surface area contributed by atoms with E-state index >= 15 is 0 Å². The number of hydrogen-bond donors (Lipinski definition) is 3. The van der Waals surface area contributed by atoms with E-state index in [9.17, 15) is 4.79 Å². The van der Waals surface area contributed by atoms with Gasteiger partial charge in [0, 0.05) is 5.69 Å². The fourth-order valence-corrected chi connectivity index (χ4v) is 1.01. The van der Waals surface area contributed by atoms with Gasteiger partial charge in [0.2, 0.25) is 0 Å². The van der Waals surface area contributed by atoms with Crippen LogP contribution in [0.3, 0.4) is 0 Å². The highest BCUT2D eigenvalue weighted by Crippen LogP contribution is 2.03. The first-order valence-corrected chi connectivity index (χ1v) is 4.59. The second kappa shape index (κ2) is 5.82. The second-order valence-corrected chi connectivity index (χ2v) is 2.97. The zero-order valence-electron chi connectivity index (χ0n) is 8.11. The predicted molar refractivity (Wildman–Crippen MR) is 61.3 cm³/mol. The quantitative estimate of drug-likeness (QED) is 0.496. The van der Waals surface area contributed by atoms with E-state index in [0.717, 1.165) is 5.69 Å². The van der Waals surface area contributed by atoms with Crippen LogP contribution in [0, 0.1) is 0 Å². The van der Waals surface area contributed by atoms with Gasteiger partial charge in [-0.1, -0.05) is 18.2 Å². The number of carbonyl (C=O) groups excluding carboxylic acids is 1. The van der Waals surface area contributed by atoms with Crippen LogP contribution in [0.15, 0.2) is 30.3 Å². The van der Waals surface area contributed by atoms with Crippen molar-refractivity contribution in [3.8, 4) is 0 Å². The molecule has 6 heteroatoms. The molecule has 1 amide bonds. The van der Waals surface area contributed by atoms with Gasteiger partial charge in [-0.25, -0.2) is 10.2 Å². The van der Waals surface area contributed by atoms with E-state index in [-0.39, 0.29) is 5.11 Å². The predicted octanol–water partition coefficient (Wildman–Crippen LogP) is 1.24. The SMILES string of the molecule is COC(=O)NNC(=S)Nc1ccccc1. The summed E-state index contributed by atoms with van der Waals surface area (Å²) in [5, 5.41) is 3.16. The number of anilines is 1. The first-order valence-electron chi connectivity index (χ1n) is 4.18. The summed E-state index contributed by atoms with van der Waals surface area (Å²) in [6.45, 7) is 0. The molecule has 0 unspecified atom stereocenters. The Kier molecular flexibility index (Phi) is 4.36. The molecule has 0 heterocycles. The fourth-order valence-electron chi connectivity index (χ4n) is 0.843. The van der Waals surface area contributed by atoms with E-state index in [2.05, 4.69) is 20.9 Å². The first kappa shape index (κ1) is 11.3. The molecule has 0 saturated carbocycles. The van der Waals surface area contributed by atoms with Gasteiger partial charge in [-0.2, -0.15) is 0 Å². The highest BCUT2D eigenvalue weighted by molar-refractivity contribution is 7.80. The number of carbonyl (C=O) groups is 1. The number of thiocarbonyl (C=S) groups is 1. The van der Waals surface area contributed by atoms with E-state index in [4.69, 9.17) is 12.2 Å². The average molecular weight is 225 g/mol. The summed E-state index contributed by atoms with van der Waals surface area (Å²) < 4.78 is 4.35. The molecule has 0 radical (unpaired) electrons. The van der Waals surface area contributed by atoms with E-state index in [1.165, 1.54) is 7.11 Å². The zero-order valence-corrected chi connectivity index (χ0v) is 8.93. The monoisotopic (exact) mass is 225 g/mol. The molecule has 80 valence electrons. The molecule has 0 saturated heterocycles. The summed E-state index contributed by atoms with van der Waals surface area (Å²) in [6.07, 6.45) is -0.604. The third-order valence-corrected chi connectivity index (χ3v) is 1.70. The number of nitrogens with one attached hydrogen (secondary N) is 3. The smallest absolute Gasteiger partial charge is 0.425 e. The lowest BCUT2D eigenvalue weighted by Crippen LogP contribution is -2.43. The van der Waals surface area contributed by atoms with E-state index < -0.39 is 6.09 Å². The van der Waals surface area contributed by atoms with Crippen LogP contribution in [0.25, 0.3) is 0 Å². The van der Waals surface area contributed by atoms with Crippen LogP contribution in [-0.4, -0.2) is 18.3 Å². The molecule has 15 heavy (non-hydrogen) atoms. The van der Waals surface area contributed by atoms with Crippen molar-refractivity contribution in [3.05, 3.63) is 30.3 Å². The minimum Gasteiger partial charge on any atom is -0.452 e. The van der Waals surface area contributed by atoms with Gasteiger partial charge in [0.25, 0.3) is 0 Å². The molecule has 3 N–H and O–H groups in total. The minimum absolute atomic E-state index is 0.284. The third kappa shape index (κ3) is 4.28. The topological polar surface area (TPSA) is 62.4 Å². The van der Waals surface area contributed by atoms with Gasteiger partial charge in [0.05, 0.1) is 7.11 Å². The van der Waals surface area contributed by atoms with Crippen LogP contribution in [0.2, 0.25) is 0 Å². The van der Waals surface area contributed by atoms with Crippen molar-refractivity contribution < 1.29 is 9.53 Å². The Morgan fingerprint density at radius 1 is 1.27 bits per heavy atom. The molecule has 0 aliphatic rings. The lowest BCUT2D eigenvalue weighted by atomic mass is 10.3. The number of hydrogen-bond acceptors (Lipinski definition) is 3. The Labute approximate surface area is 92.8 Å². The van der Waals surface area contributed by atoms with E-state index in [1.807, 2.05) is 30.3 Å². The maximum atomic E-state index is 10.7. The standard InChI is InChI=1S/C9H11N3O2S/c1-14-9(13)12-11-8(15)10-7-5-3-2-4-6-7/h2-6H,1H3,(H,12,13)(H2,10,11,15). The average Bonchev–Trinajstić information content (AvgIpc) is 2.27. The molecule has 1 rings (SSSR count). The highest BCUT2D eigenvalue weighted by Gasteiger charge is 1.99. The van der Waals surface area contributed by atoms with Crippen LogP contribution >= 0.6 is 12.2 Å². The summed E-state index contributed by atoms with van der Waals surface area (Å²) in [5.41, 5.74) is 5.55. The molecule has 0 spiro atoms. The number of para-hydroxylation sites is 1. The lowest BCUT2D eigenvalue weighted by Gasteiger charge is -2.10. The molecule has 5 nitrogen and oxygen atoms in total. The molecule has 0 bridgehead atoms. The van der Waals surface area contributed by atoms with Crippen LogP contribution in [0.1, 0.15) is 0 Å². The van der Waals surface area contributed by atoms with Crippen molar-refractivity contribution in [2.24, 2.45) is 0 Å². The zero-order chi connectivity index (χ0) is 11.1. The number of hydrazine groups is 1. The Bertz CT molecular complexity index is 342. The number of benzene rings is 1. The summed E-state index contributed by atoms with van der Waals surface area (Å²) >= 11 is 4.91. The van der Waals surface area contributed by atoms with Gasteiger partial charge in [-0.05, 0) is 24.4 Å². The summed E-state index contributed by atoms with van der Waals surface area (Å²) in [7, 11) is 1.27. The van der Waals surface area contributed by atoms with Crippen molar-refractivity contribution in [1.29, 1.82) is 0 Å². The Morgan fingerprint density at radius 3 is 2.53 bits per heavy atom. The Morgan fingerprint density at radius 2 is 1.93 bits per heavy atom. The van der Waals surface area contributed by atoms with Gasteiger partial charge in [0.15, 0.2) is 5.11 Å². The van der Waals surface area contributed by atoms with Gasteiger partial charge in [-0.15, -0.1) is 0 Å². The van der Waals surface area contributed by atoms with Crippen molar-refractivity contribution in [3.63, 3.8) is 0 Å². The summed E-state index contributed by atoms with van der Waals surface area (Å²) in [6, 6.07) is 9.35. The maximum Gasteiger partial charge on any atom is 0.425 e. The Hall–Kier alpha value is -1.82. The summed E-state index contributed by atoms with van der Waals surface area (Å²) in [4.78, 5) is 10.7. The van der Waals surface area contributed by atoms with E-state index in [0.29, 0.717) is 0 Å². The van der Waals surface area contributed by atoms with Gasteiger partial charge >= 0.3 is 6.09 Å². The van der Waals surface area contributed by atoms with Crippen LogP contribution < -0.4 is 16.2 Å². The normalized spacial score (nSPS) is 8.87. The highest BCUT2D eigenvalue weighted by atomic mass is 32.1. The second-order valence-electron chi connectivity index (χ2n) is 2.56. The van der Waals surface area contributed by atoms with Crippen LogP contribution in [0.4, 0.5) is 10.5 Å². The van der Waals surface area contributed by atoms with Gasteiger partial charge in [0.1, 0.15) is 0 Å². The number of amides is 1. The van der Waals surface area contributed by atoms with Crippen molar-refractivity contribution in [2.75, 3.05) is 12.4 Å². The molecule has 0 aliphatic heterocycles. The van der Waals surface area contributed by atoms with Crippen molar-refractivity contribution >= 4 is 29.1 Å². The number of ether oxygens (including phenoxy) is 1.